The van der Waals surface area contributed by atoms with Crippen LogP contribution >= 0.6 is 11.6 Å². The maximum atomic E-state index is 12.6. The molecule has 0 saturated carbocycles. The van der Waals surface area contributed by atoms with Gasteiger partial charge in [-0.25, -0.2) is 4.79 Å². The number of fused-ring (bicyclic) bond motifs is 1. The number of halogens is 1. The molecule has 0 aliphatic carbocycles. The number of ether oxygens (including phenoxy) is 1. The molecule has 7 nitrogen and oxygen atoms in total. The first kappa shape index (κ1) is 21.4. The van der Waals surface area contributed by atoms with E-state index in [1.807, 2.05) is 17.0 Å². The zero-order valence-corrected chi connectivity index (χ0v) is 18.4. The quantitative estimate of drug-likeness (QED) is 0.681. The van der Waals surface area contributed by atoms with Crippen LogP contribution in [0.3, 0.4) is 0 Å². The van der Waals surface area contributed by atoms with E-state index < -0.39 is 6.10 Å². The van der Waals surface area contributed by atoms with Crippen LogP contribution < -0.4 is 5.32 Å². The van der Waals surface area contributed by atoms with E-state index in [1.54, 1.807) is 6.20 Å². The van der Waals surface area contributed by atoms with Crippen LogP contribution in [-0.2, 0) is 4.74 Å². The fourth-order valence-electron chi connectivity index (χ4n) is 4.83. The van der Waals surface area contributed by atoms with Gasteiger partial charge in [0.15, 0.2) is 0 Å². The first-order valence-corrected chi connectivity index (χ1v) is 11.2. The number of hydrogen-bond donors (Lipinski definition) is 3. The maximum Gasteiger partial charge on any atom is 0.317 e. The van der Waals surface area contributed by atoms with Crippen molar-refractivity contribution in [2.45, 2.75) is 51.7 Å². The number of piperidine rings is 1. The molecule has 4 rings (SSSR count). The van der Waals surface area contributed by atoms with Gasteiger partial charge in [-0.2, -0.15) is 5.10 Å². The molecule has 2 fully saturated rings. The number of aliphatic hydroxyl groups is 1. The third-order valence-electron chi connectivity index (χ3n) is 6.94. The van der Waals surface area contributed by atoms with Crippen molar-refractivity contribution in [1.29, 1.82) is 0 Å². The molecule has 1 atom stereocenters. The first-order valence-electron chi connectivity index (χ1n) is 10.8. The van der Waals surface area contributed by atoms with Gasteiger partial charge in [0, 0.05) is 42.8 Å². The highest BCUT2D eigenvalue weighted by Gasteiger charge is 2.40. The number of amides is 2. The maximum absolute atomic E-state index is 12.6. The number of aromatic nitrogens is 2. The molecule has 2 aromatic rings. The second-order valence-electron chi connectivity index (χ2n) is 9.15. The van der Waals surface area contributed by atoms with Crippen molar-refractivity contribution in [2.75, 3.05) is 26.3 Å². The molecule has 3 heterocycles. The predicted molar refractivity (Wildman–Crippen MR) is 117 cm³/mol. The number of urea groups is 1. The van der Waals surface area contributed by atoms with E-state index >= 15 is 0 Å². The number of hydrogen-bond acceptors (Lipinski definition) is 4. The van der Waals surface area contributed by atoms with Crippen molar-refractivity contribution in [2.24, 2.45) is 11.3 Å². The lowest BCUT2D eigenvalue weighted by Crippen LogP contribution is -2.50. The van der Waals surface area contributed by atoms with Gasteiger partial charge in [-0.15, -0.1) is 0 Å². The molecule has 2 amide bonds. The summed E-state index contributed by atoms with van der Waals surface area (Å²) in [6, 6.07) is 3.89. The Morgan fingerprint density at radius 3 is 2.70 bits per heavy atom. The Hall–Kier alpha value is -1.83. The van der Waals surface area contributed by atoms with E-state index in [9.17, 15) is 9.90 Å². The summed E-state index contributed by atoms with van der Waals surface area (Å²) in [5.41, 5.74) is 1.26. The minimum atomic E-state index is -0.677. The fourth-order valence-corrected chi connectivity index (χ4v) is 5.05. The van der Waals surface area contributed by atoms with Gasteiger partial charge in [0.05, 0.1) is 17.8 Å². The standard InChI is InChI=1S/C22H31ClN4O3/c1-22(2,20(28)17-11-15(23)12-19-18(17)13-24-26-19)14-3-7-27(8-4-14)21(29)25-16-5-9-30-10-6-16/h11-14,16,20,28H,3-10H2,1-2H3,(H,24,26)(H,25,29). The lowest BCUT2D eigenvalue weighted by atomic mass is 9.68. The van der Waals surface area contributed by atoms with Gasteiger partial charge < -0.3 is 20.1 Å². The Labute approximate surface area is 182 Å². The Morgan fingerprint density at radius 2 is 2.00 bits per heavy atom. The van der Waals surface area contributed by atoms with Gasteiger partial charge in [-0.1, -0.05) is 25.4 Å². The molecule has 8 heteroatoms. The van der Waals surface area contributed by atoms with Crippen LogP contribution in [0, 0.1) is 11.3 Å². The summed E-state index contributed by atoms with van der Waals surface area (Å²) in [4.78, 5) is 14.5. The lowest BCUT2D eigenvalue weighted by molar-refractivity contribution is -0.0145. The first-order chi connectivity index (χ1) is 14.4. The van der Waals surface area contributed by atoms with Crippen LogP contribution in [0.5, 0.6) is 0 Å². The van der Waals surface area contributed by atoms with Crippen molar-refractivity contribution >= 4 is 28.5 Å². The number of carbonyl (C=O) groups is 1. The molecule has 30 heavy (non-hydrogen) atoms. The summed E-state index contributed by atoms with van der Waals surface area (Å²) < 4.78 is 5.36. The van der Waals surface area contributed by atoms with Crippen LogP contribution in [-0.4, -0.2) is 58.6 Å². The molecule has 3 N–H and O–H groups in total. The zero-order chi connectivity index (χ0) is 21.3. The van der Waals surface area contributed by atoms with Crippen LogP contribution in [0.4, 0.5) is 4.79 Å². The van der Waals surface area contributed by atoms with Crippen LogP contribution in [0.2, 0.25) is 5.02 Å². The number of aliphatic hydroxyl groups excluding tert-OH is 1. The molecule has 1 unspecified atom stereocenters. The Kier molecular flexibility index (Phi) is 6.23. The number of benzene rings is 1. The number of aromatic amines is 1. The summed E-state index contributed by atoms with van der Waals surface area (Å²) in [5, 5.41) is 23.0. The number of rotatable bonds is 4. The fraction of sp³-hybridized carbons (Fsp3) is 0.636. The van der Waals surface area contributed by atoms with Crippen LogP contribution in [0.15, 0.2) is 18.3 Å². The van der Waals surface area contributed by atoms with Crippen molar-refractivity contribution in [3.8, 4) is 0 Å². The van der Waals surface area contributed by atoms with Gasteiger partial charge in [0.1, 0.15) is 0 Å². The van der Waals surface area contributed by atoms with Crippen molar-refractivity contribution in [3.05, 3.63) is 28.9 Å². The third-order valence-corrected chi connectivity index (χ3v) is 7.16. The van der Waals surface area contributed by atoms with E-state index in [0.717, 1.165) is 42.1 Å². The zero-order valence-electron chi connectivity index (χ0n) is 17.7. The minimum absolute atomic E-state index is 0.0219. The van der Waals surface area contributed by atoms with E-state index in [-0.39, 0.29) is 17.5 Å². The van der Waals surface area contributed by atoms with Crippen LogP contribution in [0.25, 0.3) is 10.9 Å². The number of H-pyrrole nitrogens is 1. The number of likely N-dealkylation sites (tertiary alicyclic amines) is 1. The Bertz CT molecular complexity index is 886. The van der Waals surface area contributed by atoms with E-state index in [4.69, 9.17) is 16.3 Å². The highest BCUT2D eigenvalue weighted by Crippen LogP contribution is 2.46. The molecule has 2 aliphatic rings. The SMILES string of the molecule is CC(C)(C1CCN(C(=O)NC2CCOCC2)CC1)C(O)c1cc(Cl)cc2[nH]ncc12. The predicted octanol–water partition coefficient (Wildman–Crippen LogP) is 3.88. The van der Waals surface area contributed by atoms with Gasteiger partial charge >= 0.3 is 6.03 Å². The number of carbonyl (C=O) groups excluding carboxylic acids is 1. The Morgan fingerprint density at radius 1 is 1.30 bits per heavy atom. The summed E-state index contributed by atoms with van der Waals surface area (Å²) in [6.07, 6.45) is 4.54. The van der Waals surface area contributed by atoms with E-state index in [0.29, 0.717) is 37.2 Å². The van der Waals surface area contributed by atoms with Crippen LogP contribution in [0.1, 0.15) is 51.2 Å². The molecule has 2 saturated heterocycles. The molecule has 0 radical (unpaired) electrons. The van der Waals surface area contributed by atoms with Crippen molar-refractivity contribution in [3.63, 3.8) is 0 Å². The number of nitrogens with one attached hydrogen (secondary N) is 2. The molecule has 1 aromatic carbocycles. The highest BCUT2D eigenvalue weighted by molar-refractivity contribution is 6.31. The second-order valence-corrected chi connectivity index (χ2v) is 9.58. The molecule has 164 valence electrons. The van der Waals surface area contributed by atoms with Gasteiger partial charge in [-0.3, -0.25) is 5.10 Å². The molecule has 0 bridgehead atoms. The summed E-state index contributed by atoms with van der Waals surface area (Å²) in [7, 11) is 0. The van der Waals surface area contributed by atoms with Crippen molar-refractivity contribution in [1.82, 2.24) is 20.4 Å². The summed E-state index contributed by atoms with van der Waals surface area (Å²) in [5.74, 6) is 0.292. The minimum Gasteiger partial charge on any atom is -0.388 e. The van der Waals surface area contributed by atoms with Gasteiger partial charge in [-0.05, 0) is 54.7 Å². The van der Waals surface area contributed by atoms with Gasteiger partial charge in [0.25, 0.3) is 0 Å². The lowest BCUT2D eigenvalue weighted by Gasteiger charge is -2.43. The largest absolute Gasteiger partial charge is 0.388 e. The molecule has 1 aromatic heterocycles. The van der Waals surface area contributed by atoms with Gasteiger partial charge in [0.2, 0.25) is 0 Å². The normalized spacial score (nSPS) is 20.5. The summed E-state index contributed by atoms with van der Waals surface area (Å²) >= 11 is 6.28. The molecular formula is C22H31ClN4O3. The third kappa shape index (κ3) is 4.29. The molecular weight excluding hydrogens is 404 g/mol. The molecule has 2 aliphatic heterocycles. The smallest absolute Gasteiger partial charge is 0.317 e. The second kappa shape index (κ2) is 8.73. The average Bonchev–Trinajstić information content (AvgIpc) is 3.21. The Balaban J connectivity index is 1.40. The topological polar surface area (TPSA) is 90.5 Å². The number of nitrogens with zero attached hydrogens (tertiary/aromatic N) is 2. The molecule has 0 spiro atoms. The van der Waals surface area contributed by atoms with Crippen molar-refractivity contribution < 1.29 is 14.6 Å². The average molecular weight is 435 g/mol. The van der Waals surface area contributed by atoms with E-state index in [1.165, 1.54) is 0 Å². The highest BCUT2D eigenvalue weighted by atomic mass is 35.5. The monoisotopic (exact) mass is 434 g/mol. The van der Waals surface area contributed by atoms with E-state index in [2.05, 4.69) is 29.4 Å². The summed E-state index contributed by atoms with van der Waals surface area (Å²) in [6.45, 7) is 7.04.